The van der Waals surface area contributed by atoms with Gasteiger partial charge in [-0.2, -0.15) is 0 Å². The molecule has 6 heteroatoms. The van der Waals surface area contributed by atoms with Crippen molar-refractivity contribution in [2.24, 2.45) is 0 Å². The van der Waals surface area contributed by atoms with E-state index in [1.54, 1.807) is 19.1 Å². The van der Waals surface area contributed by atoms with Gasteiger partial charge in [-0.3, -0.25) is 4.79 Å². The zero-order valence-corrected chi connectivity index (χ0v) is 11.2. The molecule has 0 unspecified atom stereocenters. The van der Waals surface area contributed by atoms with Crippen LogP contribution in [0.4, 0.5) is 0 Å². The molecular weight excluding hydrogens is 272 g/mol. The van der Waals surface area contributed by atoms with Gasteiger partial charge in [0.1, 0.15) is 11.3 Å². The number of carbonyl (C=O) groups is 1. The van der Waals surface area contributed by atoms with Crippen molar-refractivity contribution >= 4 is 27.8 Å². The lowest BCUT2D eigenvalue weighted by atomic mass is 10.1. The number of nitrogens with zero attached hydrogens (tertiary/aromatic N) is 1. The lowest BCUT2D eigenvalue weighted by Gasteiger charge is -2.09. The molecule has 0 aliphatic carbocycles. The van der Waals surface area contributed by atoms with Gasteiger partial charge >= 0.3 is 5.97 Å². The average Bonchev–Trinajstić information content (AvgIpc) is 2.47. The number of rotatable bonds is 2. The maximum Gasteiger partial charge on any atom is 0.343 e. The largest absolute Gasteiger partial charge is 0.506 e. The van der Waals surface area contributed by atoms with Crippen LogP contribution in [0.5, 0.6) is 5.75 Å². The van der Waals surface area contributed by atoms with Gasteiger partial charge in [-0.1, -0.05) is 6.07 Å². The summed E-state index contributed by atoms with van der Waals surface area (Å²) in [6.45, 7) is 1.92. The second-order valence-electron chi connectivity index (χ2n) is 4.50. The third-order valence-electron chi connectivity index (χ3n) is 3.19. The van der Waals surface area contributed by atoms with Crippen molar-refractivity contribution in [1.82, 2.24) is 9.97 Å². The Morgan fingerprint density at radius 2 is 2.24 bits per heavy atom. The summed E-state index contributed by atoms with van der Waals surface area (Å²) < 4.78 is 4.89. The van der Waals surface area contributed by atoms with Crippen molar-refractivity contribution in [3.63, 3.8) is 0 Å². The first kappa shape index (κ1) is 13.1. The molecule has 0 aliphatic rings. The maximum absolute atomic E-state index is 11.8. The summed E-state index contributed by atoms with van der Waals surface area (Å²) in [5, 5.41) is 11.4. The molecule has 0 saturated carbocycles. The highest BCUT2D eigenvalue weighted by Gasteiger charge is 2.16. The Bertz CT molecular complexity index is 915. The van der Waals surface area contributed by atoms with Crippen LogP contribution in [0, 0.1) is 0 Å². The number of esters is 1. The number of nitrogens with one attached hydrogen (secondary N) is 1. The van der Waals surface area contributed by atoms with Crippen LogP contribution in [0.25, 0.3) is 21.8 Å². The molecule has 6 nitrogen and oxygen atoms in total. The molecule has 0 amide bonds. The molecule has 2 N–H and O–H groups in total. The standard InChI is InChI=1S/C15H12N2O4/c1-2-21-15(20)11-7-17-13-10(14(11)19)4-3-8-5-9(18)6-16-12(8)13/h3-7,17,19H,2H2,1H3. The number of ether oxygens (including phenoxy) is 1. The third-order valence-corrected chi connectivity index (χ3v) is 3.19. The van der Waals surface area contributed by atoms with E-state index >= 15 is 0 Å². The highest BCUT2D eigenvalue weighted by molar-refractivity contribution is 6.08. The monoisotopic (exact) mass is 284 g/mol. The molecule has 0 radical (unpaired) electrons. The minimum absolute atomic E-state index is 0.0594. The molecule has 0 spiro atoms. The van der Waals surface area contributed by atoms with Gasteiger partial charge in [-0.05, 0) is 19.1 Å². The number of aromatic amines is 1. The first-order valence-corrected chi connectivity index (χ1v) is 6.42. The fraction of sp³-hybridized carbons (Fsp3) is 0.133. The summed E-state index contributed by atoms with van der Waals surface area (Å²) in [6.07, 6.45) is 2.59. The molecular formula is C15H12N2O4. The van der Waals surface area contributed by atoms with E-state index in [1.165, 1.54) is 18.5 Å². The van der Waals surface area contributed by atoms with E-state index in [2.05, 4.69) is 9.97 Å². The van der Waals surface area contributed by atoms with E-state index in [4.69, 9.17) is 4.74 Å². The molecule has 21 heavy (non-hydrogen) atoms. The summed E-state index contributed by atoms with van der Waals surface area (Å²) >= 11 is 0. The molecule has 3 rings (SSSR count). The Hall–Kier alpha value is -2.89. The minimum Gasteiger partial charge on any atom is -0.506 e. The maximum atomic E-state index is 11.8. The Kier molecular flexibility index (Phi) is 3.06. The second kappa shape index (κ2) is 4.90. The number of aromatic nitrogens is 2. The van der Waals surface area contributed by atoms with E-state index in [0.717, 1.165) is 0 Å². The van der Waals surface area contributed by atoms with Crippen LogP contribution >= 0.6 is 0 Å². The number of aromatic hydroxyl groups is 1. The molecule has 1 aromatic carbocycles. The molecule has 106 valence electrons. The average molecular weight is 284 g/mol. The normalized spacial score (nSPS) is 10.9. The van der Waals surface area contributed by atoms with Crippen molar-refractivity contribution in [1.29, 1.82) is 0 Å². The fourth-order valence-electron chi connectivity index (χ4n) is 2.25. The first-order chi connectivity index (χ1) is 10.1. The lowest BCUT2D eigenvalue weighted by Crippen LogP contribution is -2.06. The Labute approximate surface area is 119 Å². The minimum atomic E-state index is -0.601. The quantitative estimate of drug-likeness (QED) is 0.554. The molecule has 0 saturated heterocycles. The summed E-state index contributed by atoms with van der Waals surface area (Å²) in [5.74, 6) is -0.770. The molecule has 0 fully saturated rings. The number of hydrogen-bond donors (Lipinski definition) is 2. The zero-order chi connectivity index (χ0) is 15.0. The van der Waals surface area contributed by atoms with Crippen LogP contribution < -0.4 is 5.43 Å². The van der Waals surface area contributed by atoms with Crippen LogP contribution in [0.2, 0.25) is 0 Å². The number of H-pyrrole nitrogens is 1. The highest BCUT2D eigenvalue weighted by Crippen LogP contribution is 2.30. The van der Waals surface area contributed by atoms with Crippen LogP contribution in [0.3, 0.4) is 0 Å². The summed E-state index contributed by atoms with van der Waals surface area (Å²) in [6, 6.07) is 4.77. The van der Waals surface area contributed by atoms with E-state index in [0.29, 0.717) is 21.8 Å². The second-order valence-corrected chi connectivity index (χ2v) is 4.50. The predicted octanol–water partition coefficient (Wildman–Crippen LogP) is 1.96. The van der Waals surface area contributed by atoms with Crippen molar-refractivity contribution in [2.45, 2.75) is 6.92 Å². The molecule has 2 aromatic heterocycles. The summed E-state index contributed by atoms with van der Waals surface area (Å²) in [7, 11) is 0. The predicted molar refractivity (Wildman–Crippen MR) is 77.5 cm³/mol. The van der Waals surface area contributed by atoms with Gasteiger partial charge in [0.2, 0.25) is 0 Å². The van der Waals surface area contributed by atoms with Gasteiger partial charge < -0.3 is 14.8 Å². The van der Waals surface area contributed by atoms with Gasteiger partial charge in [0.25, 0.3) is 0 Å². The molecule has 0 aliphatic heterocycles. The van der Waals surface area contributed by atoms with Crippen LogP contribution in [-0.4, -0.2) is 27.7 Å². The number of carbonyl (C=O) groups excluding carboxylic acids is 1. The first-order valence-electron chi connectivity index (χ1n) is 6.42. The molecule has 0 atom stereocenters. The van der Waals surface area contributed by atoms with Gasteiger partial charge in [0, 0.05) is 17.0 Å². The number of fused-ring (bicyclic) bond motifs is 3. The highest BCUT2D eigenvalue weighted by atomic mass is 16.5. The summed E-state index contributed by atoms with van der Waals surface area (Å²) in [4.78, 5) is 30.1. The topological polar surface area (TPSA) is 92.3 Å². The van der Waals surface area contributed by atoms with Crippen molar-refractivity contribution < 1.29 is 14.6 Å². The lowest BCUT2D eigenvalue weighted by molar-refractivity contribution is 0.0523. The number of hydrogen-bond acceptors (Lipinski definition) is 5. The van der Waals surface area contributed by atoms with E-state index in [9.17, 15) is 14.7 Å². The molecule has 0 bridgehead atoms. The van der Waals surface area contributed by atoms with Gasteiger partial charge in [-0.25, -0.2) is 9.78 Å². The van der Waals surface area contributed by atoms with Crippen molar-refractivity contribution in [3.05, 3.63) is 46.4 Å². The molecule has 2 heterocycles. The van der Waals surface area contributed by atoms with Gasteiger partial charge in [0.05, 0.1) is 23.8 Å². The fourth-order valence-corrected chi connectivity index (χ4v) is 2.25. The van der Waals surface area contributed by atoms with Crippen LogP contribution in [0.15, 0.2) is 35.4 Å². The molecule has 3 aromatic rings. The van der Waals surface area contributed by atoms with Gasteiger partial charge in [-0.15, -0.1) is 0 Å². The van der Waals surface area contributed by atoms with Crippen LogP contribution in [-0.2, 0) is 4.74 Å². The van der Waals surface area contributed by atoms with E-state index < -0.39 is 5.97 Å². The third kappa shape index (κ3) is 2.10. The number of benzene rings is 1. The van der Waals surface area contributed by atoms with E-state index in [-0.39, 0.29) is 23.3 Å². The SMILES string of the molecule is CCOC(=O)c1c[nH]c2c(ccc3cc(=O)cnc32)c1O. The number of pyridine rings is 2. The summed E-state index contributed by atoms with van der Waals surface area (Å²) in [5.41, 5.74) is 0.981. The van der Waals surface area contributed by atoms with Crippen molar-refractivity contribution in [3.8, 4) is 5.75 Å². The Morgan fingerprint density at radius 3 is 3.00 bits per heavy atom. The van der Waals surface area contributed by atoms with Crippen LogP contribution in [0.1, 0.15) is 17.3 Å². The van der Waals surface area contributed by atoms with Crippen molar-refractivity contribution in [2.75, 3.05) is 6.61 Å². The van der Waals surface area contributed by atoms with E-state index in [1.807, 2.05) is 0 Å². The van der Waals surface area contributed by atoms with Gasteiger partial charge in [0.15, 0.2) is 5.43 Å². The Balaban J connectivity index is 2.30. The smallest absolute Gasteiger partial charge is 0.343 e. The Morgan fingerprint density at radius 1 is 1.43 bits per heavy atom. The zero-order valence-electron chi connectivity index (χ0n) is 11.2.